The Morgan fingerprint density at radius 1 is 1.06 bits per heavy atom. The monoisotopic (exact) mass is 215 g/mol. The van der Waals surface area contributed by atoms with Crippen molar-refractivity contribution < 1.29 is 9.53 Å². The Kier molecular flexibility index (Phi) is 1.91. The van der Waals surface area contributed by atoms with Crippen molar-refractivity contribution in [1.82, 2.24) is 4.98 Å². The van der Waals surface area contributed by atoms with Gasteiger partial charge < -0.3 is 9.72 Å². The first-order chi connectivity index (χ1) is 7.77. The summed E-state index contributed by atoms with van der Waals surface area (Å²) in [6, 6.07) is 7.13. The Morgan fingerprint density at radius 3 is 2.62 bits per heavy atom. The number of aromatic nitrogens is 1. The Balaban J connectivity index is 2.50. The summed E-state index contributed by atoms with van der Waals surface area (Å²) in [6.07, 6.45) is 0. The SMILES string of the molecule is O=C1COCc2[nH]c(=O)c3ccccc3c21. The van der Waals surface area contributed by atoms with Crippen molar-refractivity contribution in [2.75, 3.05) is 6.61 Å². The van der Waals surface area contributed by atoms with E-state index in [-0.39, 0.29) is 17.9 Å². The van der Waals surface area contributed by atoms with Crippen LogP contribution in [0.5, 0.6) is 0 Å². The van der Waals surface area contributed by atoms with Crippen LogP contribution in [0.15, 0.2) is 29.1 Å². The van der Waals surface area contributed by atoms with Gasteiger partial charge in [0.15, 0.2) is 5.78 Å². The van der Waals surface area contributed by atoms with Crippen LogP contribution in [0.2, 0.25) is 0 Å². The van der Waals surface area contributed by atoms with Crippen LogP contribution in [0.1, 0.15) is 16.1 Å². The summed E-state index contributed by atoms with van der Waals surface area (Å²) >= 11 is 0. The maximum Gasteiger partial charge on any atom is 0.256 e. The Bertz CT molecular complexity index is 642. The third kappa shape index (κ3) is 1.20. The number of carbonyl (C=O) groups is 1. The molecule has 2 aromatic rings. The number of fused-ring (bicyclic) bond motifs is 3. The van der Waals surface area contributed by atoms with Gasteiger partial charge in [-0.3, -0.25) is 9.59 Å². The quantitative estimate of drug-likeness (QED) is 0.719. The molecule has 1 aromatic carbocycles. The minimum atomic E-state index is -0.173. The summed E-state index contributed by atoms with van der Waals surface area (Å²) in [6.45, 7) is 0.379. The van der Waals surface area contributed by atoms with Gasteiger partial charge in [-0.1, -0.05) is 18.2 Å². The molecule has 16 heavy (non-hydrogen) atoms. The second kappa shape index (κ2) is 3.28. The molecule has 0 saturated heterocycles. The highest BCUT2D eigenvalue weighted by Crippen LogP contribution is 2.22. The van der Waals surface area contributed by atoms with E-state index in [0.717, 1.165) is 5.39 Å². The predicted molar refractivity (Wildman–Crippen MR) is 58.6 cm³/mol. The predicted octanol–water partition coefficient (Wildman–Crippen LogP) is 1.24. The molecule has 0 amide bonds. The minimum Gasteiger partial charge on any atom is -0.367 e. The number of hydrogen-bond acceptors (Lipinski definition) is 3. The minimum absolute atomic E-state index is 0.0753. The molecule has 4 heteroatoms. The smallest absolute Gasteiger partial charge is 0.256 e. The number of hydrogen-bond donors (Lipinski definition) is 1. The molecule has 0 spiro atoms. The van der Waals surface area contributed by atoms with E-state index in [2.05, 4.69) is 4.98 Å². The van der Waals surface area contributed by atoms with Crippen LogP contribution in [0, 0.1) is 0 Å². The van der Waals surface area contributed by atoms with E-state index in [1.165, 1.54) is 0 Å². The number of carbonyl (C=O) groups excluding carboxylic acids is 1. The molecule has 2 heterocycles. The van der Waals surface area contributed by atoms with Gasteiger partial charge in [0.05, 0.1) is 12.3 Å². The van der Waals surface area contributed by atoms with E-state index in [1.807, 2.05) is 6.07 Å². The van der Waals surface area contributed by atoms with E-state index in [4.69, 9.17) is 4.74 Å². The van der Waals surface area contributed by atoms with Crippen LogP contribution in [-0.4, -0.2) is 17.4 Å². The van der Waals surface area contributed by atoms with Gasteiger partial charge in [-0.15, -0.1) is 0 Å². The second-order valence-electron chi connectivity index (χ2n) is 3.77. The van der Waals surface area contributed by atoms with Gasteiger partial charge in [0.1, 0.15) is 6.61 Å². The Morgan fingerprint density at radius 2 is 1.81 bits per heavy atom. The van der Waals surface area contributed by atoms with Gasteiger partial charge in [0.2, 0.25) is 0 Å². The van der Waals surface area contributed by atoms with Crippen molar-refractivity contribution >= 4 is 16.6 Å². The summed E-state index contributed by atoms with van der Waals surface area (Å²) in [4.78, 5) is 26.2. The third-order valence-corrected chi connectivity index (χ3v) is 2.77. The lowest BCUT2D eigenvalue weighted by Gasteiger charge is -2.16. The van der Waals surface area contributed by atoms with Crippen molar-refractivity contribution in [3.8, 4) is 0 Å². The lowest BCUT2D eigenvalue weighted by molar-refractivity contribution is 0.0657. The van der Waals surface area contributed by atoms with Gasteiger partial charge >= 0.3 is 0 Å². The molecule has 0 aliphatic carbocycles. The average Bonchev–Trinajstić information content (AvgIpc) is 2.29. The molecule has 1 aromatic heterocycles. The number of aromatic amines is 1. The number of nitrogens with one attached hydrogen (secondary N) is 1. The molecule has 0 bridgehead atoms. The number of H-pyrrole nitrogens is 1. The van der Waals surface area contributed by atoms with E-state index < -0.39 is 0 Å². The number of Topliss-reactive ketones (excluding diaryl/α,β-unsaturated/α-hetero) is 1. The van der Waals surface area contributed by atoms with Gasteiger partial charge in [-0.05, 0) is 11.5 Å². The zero-order valence-corrected chi connectivity index (χ0v) is 8.45. The standard InChI is InChI=1S/C12H9NO3/c14-10-6-16-5-9-11(10)7-3-1-2-4-8(7)12(15)13-9/h1-4H,5-6H2,(H,13,15). The molecule has 0 radical (unpaired) electrons. The average molecular weight is 215 g/mol. The highest BCUT2D eigenvalue weighted by atomic mass is 16.5. The molecule has 0 atom stereocenters. The first-order valence-corrected chi connectivity index (χ1v) is 5.02. The molecule has 0 unspecified atom stereocenters. The van der Waals surface area contributed by atoms with Crippen LogP contribution in [-0.2, 0) is 11.3 Å². The molecule has 0 saturated carbocycles. The van der Waals surface area contributed by atoms with Crippen molar-refractivity contribution in [3.63, 3.8) is 0 Å². The van der Waals surface area contributed by atoms with E-state index in [1.54, 1.807) is 18.2 Å². The Labute approximate surface area is 90.9 Å². The third-order valence-electron chi connectivity index (χ3n) is 2.77. The van der Waals surface area contributed by atoms with Gasteiger partial charge in [0, 0.05) is 10.9 Å². The molecule has 1 aliphatic rings. The van der Waals surface area contributed by atoms with Crippen molar-refractivity contribution in [1.29, 1.82) is 0 Å². The first kappa shape index (κ1) is 9.30. The van der Waals surface area contributed by atoms with Crippen molar-refractivity contribution in [3.05, 3.63) is 45.9 Å². The molecule has 1 aliphatic heterocycles. The largest absolute Gasteiger partial charge is 0.367 e. The summed E-state index contributed by atoms with van der Waals surface area (Å²) in [5.41, 5.74) is 1.01. The number of ketones is 1. The van der Waals surface area contributed by atoms with Crippen molar-refractivity contribution in [2.24, 2.45) is 0 Å². The fourth-order valence-corrected chi connectivity index (χ4v) is 2.07. The lowest BCUT2D eigenvalue weighted by atomic mass is 10.00. The molecular weight excluding hydrogens is 206 g/mol. The fraction of sp³-hybridized carbons (Fsp3) is 0.167. The van der Waals surface area contributed by atoms with E-state index >= 15 is 0 Å². The first-order valence-electron chi connectivity index (χ1n) is 5.02. The molecule has 4 nitrogen and oxygen atoms in total. The summed E-state index contributed by atoms with van der Waals surface area (Å²) in [5, 5.41) is 1.27. The molecule has 1 N–H and O–H groups in total. The summed E-state index contributed by atoms with van der Waals surface area (Å²) in [7, 11) is 0. The highest BCUT2D eigenvalue weighted by molar-refractivity contribution is 6.09. The van der Waals surface area contributed by atoms with Crippen molar-refractivity contribution in [2.45, 2.75) is 6.61 Å². The zero-order chi connectivity index (χ0) is 11.1. The fourth-order valence-electron chi connectivity index (χ4n) is 2.07. The van der Waals surface area contributed by atoms with Crippen LogP contribution < -0.4 is 5.56 Å². The van der Waals surface area contributed by atoms with Crippen LogP contribution >= 0.6 is 0 Å². The molecule has 3 rings (SSSR count). The maximum atomic E-state index is 11.8. The Hall–Kier alpha value is -1.94. The molecule has 0 fully saturated rings. The topological polar surface area (TPSA) is 59.2 Å². The number of pyridine rings is 1. The number of ether oxygens (including phenoxy) is 1. The summed E-state index contributed by atoms with van der Waals surface area (Å²) in [5.74, 6) is -0.0753. The van der Waals surface area contributed by atoms with Crippen LogP contribution in [0.25, 0.3) is 10.8 Å². The molecule has 80 valence electrons. The van der Waals surface area contributed by atoms with Crippen LogP contribution in [0.4, 0.5) is 0 Å². The second-order valence-corrected chi connectivity index (χ2v) is 3.77. The zero-order valence-electron chi connectivity index (χ0n) is 8.45. The summed E-state index contributed by atoms with van der Waals surface area (Å²) < 4.78 is 5.09. The maximum absolute atomic E-state index is 11.8. The van der Waals surface area contributed by atoms with E-state index in [9.17, 15) is 9.59 Å². The number of benzene rings is 1. The van der Waals surface area contributed by atoms with Crippen LogP contribution in [0.3, 0.4) is 0 Å². The highest BCUT2D eigenvalue weighted by Gasteiger charge is 2.21. The lowest BCUT2D eigenvalue weighted by Crippen LogP contribution is -2.24. The van der Waals surface area contributed by atoms with Gasteiger partial charge in [-0.25, -0.2) is 0 Å². The van der Waals surface area contributed by atoms with Gasteiger partial charge in [0.25, 0.3) is 5.56 Å². The van der Waals surface area contributed by atoms with Gasteiger partial charge in [-0.2, -0.15) is 0 Å². The number of rotatable bonds is 0. The molecular formula is C12H9NO3. The van der Waals surface area contributed by atoms with E-state index in [0.29, 0.717) is 23.3 Å². The normalized spacial score (nSPS) is 15.1.